The third kappa shape index (κ3) is 5.48. The van der Waals surface area contributed by atoms with E-state index in [0.29, 0.717) is 28.9 Å². The summed E-state index contributed by atoms with van der Waals surface area (Å²) < 4.78 is 0. The molecule has 1 nitrogen and oxygen atoms in total. The molecule has 45 heavy (non-hydrogen) atoms. The molecule has 0 radical (unpaired) electrons. The summed E-state index contributed by atoms with van der Waals surface area (Å²) >= 11 is 0. The fourth-order valence-electron chi connectivity index (χ4n) is 9.83. The number of Topliss-reactive ketones (excluding diaryl/α,β-unsaturated/α-hetero) is 1. The number of carbonyl (C=O) groups is 1. The van der Waals surface area contributed by atoms with Crippen molar-refractivity contribution in [3.05, 3.63) is 73.8 Å². The minimum atomic E-state index is -0.555. The van der Waals surface area contributed by atoms with Crippen LogP contribution in [-0.4, -0.2) is 17.1 Å². The van der Waals surface area contributed by atoms with Crippen molar-refractivity contribution < 1.29 is 4.79 Å². The molecule has 2 atom stereocenters. The largest absolute Gasteiger partial charge is 0.300 e. The van der Waals surface area contributed by atoms with Crippen molar-refractivity contribution in [2.24, 2.45) is 11.8 Å². The Morgan fingerprint density at radius 2 is 0.800 bits per heavy atom. The van der Waals surface area contributed by atoms with Crippen LogP contribution in [0.4, 0.5) is 0 Å². The summed E-state index contributed by atoms with van der Waals surface area (Å²) in [5, 5.41) is 1.65. The quantitative estimate of drug-likeness (QED) is 0.259. The predicted molar refractivity (Wildman–Crippen MR) is 197 cm³/mol. The van der Waals surface area contributed by atoms with Crippen molar-refractivity contribution in [3.63, 3.8) is 0 Å². The van der Waals surface area contributed by atoms with Gasteiger partial charge in [0.15, 0.2) is 0 Å². The van der Waals surface area contributed by atoms with Crippen LogP contribution in [0.15, 0.2) is 18.2 Å². The van der Waals surface area contributed by atoms with E-state index in [-0.39, 0.29) is 0 Å². The second-order valence-corrected chi connectivity index (χ2v) is 17.9. The van der Waals surface area contributed by atoms with E-state index in [9.17, 15) is 4.79 Å². The summed E-state index contributed by atoms with van der Waals surface area (Å²) in [7, 11) is -0.555. The number of rotatable bonds is 5. The molecule has 3 aromatic carbocycles. The summed E-state index contributed by atoms with van der Waals surface area (Å²) in [6.45, 7) is 23.4. The highest BCUT2D eigenvalue weighted by atomic mass is 31.1. The number of benzene rings is 3. The predicted octanol–water partition coefficient (Wildman–Crippen LogP) is 11.7. The van der Waals surface area contributed by atoms with Crippen LogP contribution in [-0.2, 0) is 4.79 Å². The minimum Gasteiger partial charge on any atom is -0.300 e. The van der Waals surface area contributed by atoms with E-state index in [0.717, 1.165) is 12.8 Å². The Balaban J connectivity index is 1.74. The highest BCUT2D eigenvalue weighted by Gasteiger charge is 2.47. The van der Waals surface area contributed by atoms with Crippen LogP contribution in [0.1, 0.15) is 120 Å². The second kappa shape index (κ2) is 12.8. The fourth-order valence-corrected chi connectivity index (χ4v) is 14.2. The molecule has 2 aliphatic carbocycles. The van der Waals surface area contributed by atoms with E-state index in [1.807, 2.05) is 0 Å². The van der Waals surface area contributed by atoms with Crippen molar-refractivity contribution in [2.45, 2.75) is 145 Å². The van der Waals surface area contributed by atoms with Gasteiger partial charge in [0.05, 0.1) is 0 Å². The van der Waals surface area contributed by atoms with Crippen molar-refractivity contribution >= 4 is 19.0 Å². The SMILES string of the molecule is Cc1c(C)c(C)c(-c2cccc(-c3c(C)c(C)c(C)c(C)c3C)c2P2C(C3CCCC3)CC(=O)CC2C2CCCC2)c(C)c1C. The molecule has 1 aliphatic heterocycles. The van der Waals surface area contributed by atoms with Gasteiger partial charge in [-0.1, -0.05) is 51.8 Å². The summed E-state index contributed by atoms with van der Waals surface area (Å²) in [5.41, 5.74) is 21.3. The molecule has 2 saturated carbocycles. The van der Waals surface area contributed by atoms with Gasteiger partial charge < -0.3 is 0 Å². The molecular formula is C43H57OP. The number of hydrogen-bond donors (Lipinski definition) is 0. The Bertz CT molecular complexity index is 1470. The molecule has 2 unspecified atom stereocenters. The zero-order chi connectivity index (χ0) is 32.3. The average Bonchev–Trinajstić information content (AvgIpc) is 3.77. The highest BCUT2D eigenvalue weighted by molar-refractivity contribution is 7.68. The molecule has 240 valence electrons. The van der Waals surface area contributed by atoms with Gasteiger partial charge in [0.25, 0.3) is 0 Å². The number of hydrogen-bond acceptors (Lipinski definition) is 1. The van der Waals surface area contributed by atoms with E-state index < -0.39 is 7.92 Å². The summed E-state index contributed by atoms with van der Waals surface area (Å²) in [6, 6.07) is 7.33. The van der Waals surface area contributed by atoms with Gasteiger partial charge in [-0.2, -0.15) is 0 Å². The third-order valence-electron chi connectivity index (χ3n) is 13.3. The third-order valence-corrected chi connectivity index (χ3v) is 16.9. The van der Waals surface area contributed by atoms with Gasteiger partial charge in [-0.05, 0) is 201 Å². The topological polar surface area (TPSA) is 17.1 Å². The second-order valence-electron chi connectivity index (χ2n) is 15.3. The van der Waals surface area contributed by atoms with Crippen LogP contribution < -0.4 is 5.30 Å². The number of carbonyl (C=O) groups excluding carboxylic acids is 1. The average molecular weight is 621 g/mol. The van der Waals surface area contributed by atoms with Gasteiger partial charge in [0.2, 0.25) is 0 Å². The van der Waals surface area contributed by atoms with Gasteiger partial charge in [-0.15, -0.1) is 0 Å². The molecule has 0 bridgehead atoms. The zero-order valence-electron chi connectivity index (χ0n) is 30.0. The minimum absolute atomic E-state index is 0.510. The lowest BCUT2D eigenvalue weighted by Gasteiger charge is -2.45. The molecule has 3 aromatic rings. The monoisotopic (exact) mass is 620 g/mol. The molecular weight excluding hydrogens is 563 g/mol. The summed E-state index contributed by atoms with van der Waals surface area (Å²) in [6.07, 6.45) is 12.2. The van der Waals surface area contributed by atoms with Crippen LogP contribution in [0.25, 0.3) is 22.3 Å². The lowest BCUT2D eigenvalue weighted by atomic mass is 9.83. The highest BCUT2D eigenvalue weighted by Crippen LogP contribution is 2.63. The normalized spacial score (nSPS) is 23.0. The first kappa shape index (κ1) is 32.7. The lowest BCUT2D eigenvalue weighted by molar-refractivity contribution is -0.119. The van der Waals surface area contributed by atoms with Crippen LogP contribution in [0.5, 0.6) is 0 Å². The van der Waals surface area contributed by atoms with Crippen molar-refractivity contribution in [2.75, 3.05) is 0 Å². The van der Waals surface area contributed by atoms with Gasteiger partial charge in [-0.25, -0.2) is 0 Å². The fraction of sp³-hybridized carbons (Fsp3) is 0.558. The smallest absolute Gasteiger partial charge is 0.134 e. The van der Waals surface area contributed by atoms with Crippen LogP contribution in [0.2, 0.25) is 0 Å². The Hall–Kier alpha value is -2.24. The van der Waals surface area contributed by atoms with E-state index in [4.69, 9.17) is 0 Å². The lowest BCUT2D eigenvalue weighted by Crippen LogP contribution is -2.39. The van der Waals surface area contributed by atoms with Gasteiger partial charge in [0.1, 0.15) is 5.78 Å². The molecule has 2 heteroatoms. The van der Waals surface area contributed by atoms with Crippen LogP contribution >= 0.6 is 7.92 Å². The standard InChI is InChI=1S/C43H57OP/c1-24-26(3)30(7)41(31(8)27(24)4)37-20-15-21-38(42-32(9)28(5)25(2)29(6)33(42)10)43(37)45-39(34-16-11-12-17-34)22-36(44)23-40(45)35-18-13-14-19-35/h15,20-21,34-35,39-40H,11-14,16-19,22-23H2,1-10H3. The first-order valence-corrected chi connectivity index (χ1v) is 19.5. The molecule has 0 spiro atoms. The maximum atomic E-state index is 13.8. The first-order valence-electron chi connectivity index (χ1n) is 18.0. The molecule has 0 N–H and O–H groups in total. The first-order chi connectivity index (χ1) is 21.4. The van der Waals surface area contributed by atoms with E-state index >= 15 is 0 Å². The molecule has 1 saturated heterocycles. The van der Waals surface area contributed by atoms with E-state index in [1.54, 1.807) is 5.30 Å². The van der Waals surface area contributed by atoms with E-state index in [2.05, 4.69) is 87.4 Å². The van der Waals surface area contributed by atoms with Gasteiger partial charge >= 0.3 is 0 Å². The zero-order valence-corrected chi connectivity index (χ0v) is 30.9. The molecule has 6 rings (SSSR count). The molecule has 3 aliphatic rings. The van der Waals surface area contributed by atoms with Gasteiger partial charge in [0, 0.05) is 12.8 Å². The van der Waals surface area contributed by atoms with Crippen molar-refractivity contribution in [3.8, 4) is 22.3 Å². The van der Waals surface area contributed by atoms with Crippen molar-refractivity contribution in [1.29, 1.82) is 0 Å². The maximum Gasteiger partial charge on any atom is 0.134 e. The Morgan fingerprint density at radius 1 is 0.489 bits per heavy atom. The van der Waals surface area contributed by atoms with Gasteiger partial charge in [-0.3, -0.25) is 4.79 Å². The maximum absolute atomic E-state index is 13.8. The molecule has 1 heterocycles. The van der Waals surface area contributed by atoms with Crippen LogP contribution in [0, 0.1) is 81.1 Å². The molecule has 0 aromatic heterocycles. The Kier molecular flexibility index (Phi) is 9.26. The Morgan fingerprint density at radius 3 is 1.13 bits per heavy atom. The molecule has 0 amide bonds. The molecule has 3 fully saturated rings. The van der Waals surface area contributed by atoms with Crippen LogP contribution in [0.3, 0.4) is 0 Å². The number of ketones is 1. The summed E-state index contributed by atoms with van der Waals surface area (Å²) in [5.74, 6) is 1.94. The van der Waals surface area contributed by atoms with E-state index in [1.165, 1.54) is 129 Å². The van der Waals surface area contributed by atoms with Crippen molar-refractivity contribution in [1.82, 2.24) is 0 Å². The summed E-state index contributed by atoms with van der Waals surface area (Å²) in [4.78, 5) is 13.8. The Labute approximate surface area is 275 Å².